The van der Waals surface area contributed by atoms with Crippen LogP contribution in [0.25, 0.3) is 0 Å². The molecule has 6 nitrogen and oxygen atoms in total. The second-order valence-corrected chi connectivity index (χ2v) is 5.38. The van der Waals surface area contributed by atoms with Gasteiger partial charge in [-0.1, -0.05) is 31.1 Å². The molecule has 1 atom stereocenters. The molecule has 1 aromatic carbocycles. The van der Waals surface area contributed by atoms with Crippen molar-refractivity contribution >= 4 is 23.2 Å². The molecule has 0 spiro atoms. The van der Waals surface area contributed by atoms with Crippen LogP contribution in [0.3, 0.4) is 0 Å². The molecule has 1 unspecified atom stereocenters. The maximum Gasteiger partial charge on any atom is 0.297 e. The number of hydrogen-bond acceptors (Lipinski definition) is 4. The molecule has 1 N–H and O–H groups in total. The van der Waals surface area contributed by atoms with Gasteiger partial charge in [0.1, 0.15) is 6.54 Å². The first-order valence-electron chi connectivity index (χ1n) is 7.27. The largest absolute Gasteiger partial charge is 0.351 e. The molecule has 0 bridgehead atoms. The second kappa shape index (κ2) is 5.63. The maximum atomic E-state index is 12.6. The highest BCUT2D eigenvalue weighted by atomic mass is 16.5. The number of carbonyl (C=O) groups excluding carboxylic acids is 2. The highest BCUT2D eigenvalue weighted by Gasteiger charge is 2.29. The van der Waals surface area contributed by atoms with E-state index in [0.717, 1.165) is 12.1 Å². The molecule has 2 heterocycles. The van der Waals surface area contributed by atoms with Crippen molar-refractivity contribution in [3.63, 3.8) is 0 Å². The van der Waals surface area contributed by atoms with Crippen molar-refractivity contribution in [3.05, 3.63) is 41.8 Å². The number of anilines is 2. The average molecular weight is 299 g/mol. The fraction of sp³-hybridized carbons (Fsp3) is 0.312. The molecule has 1 aromatic heterocycles. The lowest BCUT2D eigenvalue weighted by atomic mass is 10.1. The summed E-state index contributed by atoms with van der Waals surface area (Å²) in [7, 11) is 0. The van der Waals surface area contributed by atoms with Gasteiger partial charge in [-0.3, -0.25) is 14.5 Å². The highest BCUT2D eigenvalue weighted by molar-refractivity contribution is 6.14. The molecule has 2 amide bonds. The van der Waals surface area contributed by atoms with Crippen molar-refractivity contribution in [1.82, 2.24) is 5.16 Å². The third-order valence-electron chi connectivity index (χ3n) is 3.87. The van der Waals surface area contributed by atoms with E-state index in [1.54, 1.807) is 18.2 Å². The Bertz CT molecular complexity index is 723. The van der Waals surface area contributed by atoms with Gasteiger partial charge in [0, 0.05) is 12.0 Å². The predicted molar refractivity (Wildman–Crippen MR) is 82.0 cm³/mol. The first kappa shape index (κ1) is 14.3. The average Bonchev–Trinajstić information content (AvgIpc) is 3.02. The topological polar surface area (TPSA) is 75.4 Å². The minimum atomic E-state index is -0.357. The van der Waals surface area contributed by atoms with Gasteiger partial charge in [-0.2, -0.15) is 0 Å². The molecule has 0 aliphatic carbocycles. The molecular weight excluding hydrogens is 282 g/mol. The summed E-state index contributed by atoms with van der Waals surface area (Å²) in [6.07, 6.45) is 0.912. The summed E-state index contributed by atoms with van der Waals surface area (Å²) in [6, 6.07) is 8.84. The van der Waals surface area contributed by atoms with Crippen molar-refractivity contribution < 1.29 is 14.1 Å². The molecule has 0 fully saturated rings. The van der Waals surface area contributed by atoms with Crippen molar-refractivity contribution in [2.45, 2.75) is 26.2 Å². The Labute approximate surface area is 128 Å². The zero-order valence-electron chi connectivity index (χ0n) is 12.5. The van der Waals surface area contributed by atoms with Gasteiger partial charge in [0.2, 0.25) is 11.7 Å². The Morgan fingerprint density at radius 1 is 1.45 bits per heavy atom. The van der Waals surface area contributed by atoms with Crippen LogP contribution < -0.4 is 10.2 Å². The van der Waals surface area contributed by atoms with Crippen LogP contribution in [0.2, 0.25) is 0 Å². The zero-order valence-corrected chi connectivity index (χ0v) is 12.5. The van der Waals surface area contributed by atoms with Gasteiger partial charge in [0.25, 0.3) is 5.91 Å². The Morgan fingerprint density at radius 3 is 3.00 bits per heavy atom. The number of para-hydroxylation sites is 2. The predicted octanol–water partition coefficient (Wildman–Crippen LogP) is 2.79. The Morgan fingerprint density at radius 2 is 2.23 bits per heavy atom. The van der Waals surface area contributed by atoms with Gasteiger partial charge < -0.3 is 9.84 Å². The van der Waals surface area contributed by atoms with E-state index in [-0.39, 0.29) is 30.0 Å². The van der Waals surface area contributed by atoms with Crippen molar-refractivity contribution in [1.29, 1.82) is 0 Å². The molecule has 0 radical (unpaired) electrons. The first-order chi connectivity index (χ1) is 10.6. The van der Waals surface area contributed by atoms with Crippen LogP contribution >= 0.6 is 0 Å². The van der Waals surface area contributed by atoms with E-state index in [9.17, 15) is 9.59 Å². The molecule has 0 saturated heterocycles. The fourth-order valence-electron chi connectivity index (χ4n) is 2.38. The summed E-state index contributed by atoms with van der Waals surface area (Å²) in [6.45, 7) is 4.04. The number of aromatic nitrogens is 1. The van der Waals surface area contributed by atoms with Crippen molar-refractivity contribution in [3.8, 4) is 0 Å². The third kappa shape index (κ3) is 2.47. The number of rotatable bonds is 3. The number of nitrogens with one attached hydrogen (secondary N) is 1. The Kier molecular flexibility index (Phi) is 3.66. The molecule has 1 aliphatic heterocycles. The number of nitrogens with zero attached hydrogens (tertiary/aromatic N) is 2. The molecule has 2 aromatic rings. The molecule has 1 aliphatic rings. The number of carbonyl (C=O) groups is 2. The van der Waals surface area contributed by atoms with Crippen LogP contribution in [0, 0.1) is 0 Å². The normalized spacial score (nSPS) is 15.2. The van der Waals surface area contributed by atoms with E-state index in [4.69, 9.17) is 4.52 Å². The fourth-order valence-corrected chi connectivity index (χ4v) is 2.38. The molecule has 114 valence electrons. The van der Waals surface area contributed by atoms with Crippen LogP contribution in [-0.4, -0.2) is 23.5 Å². The van der Waals surface area contributed by atoms with Gasteiger partial charge in [0.05, 0.1) is 17.1 Å². The lowest BCUT2D eigenvalue weighted by Gasteiger charge is -2.28. The Hall–Kier alpha value is -2.63. The summed E-state index contributed by atoms with van der Waals surface area (Å²) in [5, 5.41) is 6.70. The minimum Gasteiger partial charge on any atom is -0.351 e. The maximum absolute atomic E-state index is 12.6. The summed E-state index contributed by atoms with van der Waals surface area (Å²) in [4.78, 5) is 25.8. The standard InChI is InChI=1S/C16H17N3O3/c1-3-10(2)12-8-14(22-18-12)16(21)19-9-15(20)17-11-6-4-5-7-13(11)19/h4-8,10H,3,9H2,1-2H3,(H,17,20). The molecule has 0 saturated carbocycles. The summed E-state index contributed by atoms with van der Waals surface area (Å²) < 4.78 is 5.18. The van der Waals surface area contributed by atoms with E-state index in [2.05, 4.69) is 10.5 Å². The van der Waals surface area contributed by atoms with Gasteiger partial charge in [0.15, 0.2) is 0 Å². The first-order valence-corrected chi connectivity index (χ1v) is 7.27. The number of fused-ring (bicyclic) bond motifs is 1. The van der Waals surface area contributed by atoms with E-state index < -0.39 is 0 Å². The van der Waals surface area contributed by atoms with Crippen LogP contribution in [0.1, 0.15) is 42.4 Å². The molecule has 6 heteroatoms. The lowest BCUT2D eigenvalue weighted by Crippen LogP contribution is -2.42. The lowest BCUT2D eigenvalue weighted by molar-refractivity contribution is -0.115. The van der Waals surface area contributed by atoms with Gasteiger partial charge in [-0.15, -0.1) is 0 Å². The van der Waals surface area contributed by atoms with Gasteiger partial charge in [-0.25, -0.2) is 0 Å². The Balaban J connectivity index is 1.92. The van der Waals surface area contributed by atoms with E-state index in [0.29, 0.717) is 11.4 Å². The van der Waals surface area contributed by atoms with E-state index in [1.165, 1.54) is 4.90 Å². The monoisotopic (exact) mass is 299 g/mol. The van der Waals surface area contributed by atoms with E-state index >= 15 is 0 Å². The van der Waals surface area contributed by atoms with Gasteiger partial charge in [-0.05, 0) is 18.6 Å². The summed E-state index contributed by atoms with van der Waals surface area (Å²) in [5.74, 6) is -0.208. The minimum absolute atomic E-state index is 0.0325. The zero-order chi connectivity index (χ0) is 15.7. The van der Waals surface area contributed by atoms with Crippen LogP contribution in [0.5, 0.6) is 0 Å². The van der Waals surface area contributed by atoms with Crippen LogP contribution in [0.4, 0.5) is 11.4 Å². The summed E-state index contributed by atoms with van der Waals surface area (Å²) in [5.41, 5.74) is 2.03. The number of hydrogen-bond donors (Lipinski definition) is 1. The summed E-state index contributed by atoms with van der Waals surface area (Å²) >= 11 is 0. The van der Waals surface area contributed by atoms with Gasteiger partial charge >= 0.3 is 0 Å². The third-order valence-corrected chi connectivity index (χ3v) is 3.87. The smallest absolute Gasteiger partial charge is 0.297 e. The number of amides is 2. The van der Waals surface area contributed by atoms with Crippen LogP contribution in [-0.2, 0) is 4.79 Å². The molecule has 22 heavy (non-hydrogen) atoms. The van der Waals surface area contributed by atoms with Crippen LogP contribution in [0.15, 0.2) is 34.9 Å². The van der Waals surface area contributed by atoms with Crippen molar-refractivity contribution in [2.24, 2.45) is 0 Å². The quantitative estimate of drug-likeness (QED) is 0.945. The second-order valence-electron chi connectivity index (χ2n) is 5.38. The highest BCUT2D eigenvalue weighted by Crippen LogP contribution is 2.30. The number of benzene rings is 1. The molecular formula is C16H17N3O3. The van der Waals surface area contributed by atoms with E-state index in [1.807, 2.05) is 26.0 Å². The SMILES string of the molecule is CCC(C)c1cc(C(=O)N2CC(=O)Nc3ccccc32)on1. The molecule has 3 rings (SSSR count). The van der Waals surface area contributed by atoms with Crippen molar-refractivity contribution in [2.75, 3.05) is 16.8 Å².